The average molecular weight is 321 g/mol. The molecule has 2 rings (SSSR count). The summed E-state index contributed by atoms with van der Waals surface area (Å²) in [6.45, 7) is 10.4. The van der Waals surface area contributed by atoms with Gasteiger partial charge in [0.25, 0.3) is 0 Å². The van der Waals surface area contributed by atoms with Gasteiger partial charge in [0.15, 0.2) is 0 Å². The Morgan fingerprint density at radius 3 is 2.74 bits per heavy atom. The van der Waals surface area contributed by atoms with Crippen molar-refractivity contribution < 1.29 is 14.3 Å². The highest BCUT2D eigenvalue weighted by molar-refractivity contribution is 5.78. The van der Waals surface area contributed by atoms with Gasteiger partial charge in [-0.25, -0.2) is 4.79 Å². The first kappa shape index (κ1) is 17.5. The molecule has 0 aromatic carbocycles. The van der Waals surface area contributed by atoms with Crippen LogP contribution in [-0.2, 0) is 16.0 Å². The molecule has 1 aliphatic heterocycles. The zero-order chi connectivity index (χ0) is 17.2. The quantitative estimate of drug-likeness (QED) is 0.855. The van der Waals surface area contributed by atoms with E-state index in [0.717, 1.165) is 12.0 Å². The number of aromatic nitrogens is 2. The summed E-state index contributed by atoms with van der Waals surface area (Å²) >= 11 is 0. The van der Waals surface area contributed by atoms with Gasteiger partial charge in [0.05, 0.1) is 12.2 Å². The van der Waals surface area contributed by atoms with Gasteiger partial charge in [0.1, 0.15) is 11.4 Å². The summed E-state index contributed by atoms with van der Waals surface area (Å²) in [5, 5.41) is 4.41. The van der Waals surface area contributed by atoms with Crippen molar-refractivity contribution in [2.75, 3.05) is 13.1 Å². The molecule has 6 nitrogen and oxygen atoms in total. The molecular formula is C17H27N3O3. The van der Waals surface area contributed by atoms with Crippen LogP contribution in [0.2, 0.25) is 0 Å². The predicted octanol–water partition coefficient (Wildman–Crippen LogP) is 2.83. The zero-order valence-corrected chi connectivity index (χ0v) is 14.7. The molecule has 1 amide bonds. The van der Waals surface area contributed by atoms with Crippen molar-refractivity contribution in [2.24, 2.45) is 5.92 Å². The van der Waals surface area contributed by atoms with Gasteiger partial charge in [-0.3, -0.25) is 9.48 Å². The lowest BCUT2D eigenvalue weighted by molar-refractivity contribution is -0.120. The van der Waals surface area contributed by atoms with Crippen LogP contribution in [0.5, 0.6) is 0 Å². The maximum Gasteiger partial charge on any atom is 0.410 e. The molecule has 0 N–H and O–H groups in total. The van der Waals surface area contributed by atoms with Crippen molar-refractivity contribution in [1.82, 2.24) is 14.7 Å². The molecule has 1 fully saturated rings. The molecule has 1 aliphatic rings. The number of hydrogen-bond acceptors (Lipinski definition) is 4. The number of carbonyl (C=O) groups excluding carboxylic acids is 2. The minimum atomic E-state index is -0.475. The lowest BCUT2D eigenvalue weighted by atomic mass is 10.0. The van der Waals surface area contributed by atoms with Gasteiger partial charge in [-0.15, -0.1) is 0 Å². The van der Waals surface area contributed by atoms with E-state index >= 15 is 0 Å². The van der Waals surface area contributed by atoms with Crippen LogP contribution in [0.15, 0.2) is 12.4 Å². The third kappa shape index (κ3) is 4.81. The largest absolute Gasteiger partial charge is 0.444 e. The number of ether oxygens (including phenoxy) is 1. The van der Waals surface area contributed by atoms with Gasteiger partial charge >= 0.3 is 6.09 Å². The molecule has 1 saturated heterocycles. The van der Waals surface area contributed by atoms with Crippen LogP contribution >= 0.6 is 0 Å². The number of rotatable bonds is 4. The second-order valence-corrected chi connectivity index (χ2v) is 7.41. The van der Waals surface area contributed by atoms with E-state index < -0.39 is 5.60 Å². The Bertz CT molecular complexity index is 574. The molecule has 2 atom stereocenters. The van der Waals surface area contributed by atoms with Crippen LogP contribution in [0.3, 0.4) is 0 Å². The number of likely N-dealkylation sites (tertiary alicyclic amines) is 1. The smallest absolute Gasteiger partial charge is 0.410 e. The first-order valence-electron chi connectivity index (χ1n) is 8.17. The van der Waals surface area contributed by atoms with Gasteiger partial charge in [-0.1, -0.05) is 6.92 Å². The highest BCUT2D eigenvalue weighted by atomic mass is 16.6. The maximum absolute atomic E-state index is 12.1. The molecule has 0 unspecified atom stereocenters. The van der Waals surface area contributed by atoms with Crippen LogP contribution in [-0.4, -0.2) is 45.2 Å². The molecule has 23 heavy (non-hydrogen) atoms. The minimum absolute atomic E-state index is 0.00879. The molecule has 0 saturated carbocycles. The second kappa shape index (κ2) is 6.72. The van der Waals surface area contributed by atoms with Crippen LogP contribution in [0.1, 0.15) is 52.6 Å². The summed E-state index contributed by atoms with van der Waals surface area (Å²) in [7, 11) is 0. The van der Waals surface area contributed by atoms with Gasteiger partial charge in [0, 0.05) is 25.2 Å². The Labute approximate surface area is 137 Å². The Balaban J connectivity index is 1.93. The third-order valence-electron chi connectivity index (χ3n) is 4.08. The van der Waals surface area contributed by atoms with Gasteiger partial charge in [-0.2, -0.15) is 5.10 Å². The van der Waals surface area contributed by atoms with Crippen molar-refractivity contribution >= 4 is 11.9 Å². The van der Waals surface area contributed by atoms with Crippen molar-refractivity contribution in [2.45, 2.75) is 59.1 Å². The molecular weight excluding hydrogens is 294 g/mol. The lowest BCUT2D eigenvalue weighted by Crippen LogP contribution is -2.35. The van der Waals surface area contributed by atoms with Crippen molar-refractivity contribution in [3.8, 4) is 0 Å². The van der Waals surface area contributed by atoms with Crippen LogP contribution in [0.25, 0.3) is 0 Å². The van der Waals surface area contributed by atoms with Crippen LogP contribution < -0.4 is 0 Å². The summed E-state index contributed by atoms with van der Waals surface area (Å²) in [4.78, 5) is 25.2. The van der Waals surface area contributed by atoms with Crippen molar-refractivity contribution in [1.29, 1.82) is 0 Å². The van der Waals surface area contributed by atoms with Crippen molar-refractivity contribution in [3.05, 3.63) is 18.0 Å². The van der Waals surface area contributed by atoms with Gasteiger partial charge in [0.2, 0.25) is 0 Å². The van der Waals surface area contributed by atoms with Gasteiger partial charge in [-0.05, 0) is 46.1 Å². The Morgan fingerprint density at radius 1 is 1.43 bits per heavy atom. The fourth-order valence-electron chi connectivity index (χ4n) is 2.63. The second-order valence-electron chi connectivity index (χ2n) is 7.41. The van der Waals surface area contributed by atoms with E-state index in [1.54, 1.807) is 11.8 Å². The van der Waals surface area contributed by atoms with Crippen LogP contribution in [0, 0.1) is 5.92 Å². The van der Waals surface area contributed by atoms with E-state index in [9.17, 15) is 9.59 Å². The minimum Gasteiger partial charge on any atom is -0.444 e. The molecule has 6 heteroatoms. The van der Waals surface area contributed by atoms with E-state index in [0.29, 0.717) is 19.5 Å². The molecule has 0 spiro atoms. The van der Waals surface area contributed by atoms with E-state index in [1.165, 1.54) is 0 Å². The Morgan fingerprint density at radius 2 is 2.13 bits per heavy atom. The molecule has 0 aliphatic carbocycles. The van der Waals surface area contributed by atoms with E-state index in [4.69, 9.17) is 4.74 Å². The number of Topliss-reactive ketones (excluding diaryl/α,β-unsaturated/α-hetero) is 1. The first-order valence-corrected chi connectivity index (χ1v) is 8.17. The summed E-state index contributed by atoms with van der Waals surface area (Å²) in [6.07, 6.45) is 5.11. The molecule has 1 aromatic rings. The average Bonchev–Trinajstić information content (AvgIpc) is 3.04. The summed E-state index contributed by atoms with van der Waals surface area (Å²) < 4.78 is 7.32. The monoisotopic (exact) mass is 321 g/mol. The summed E-state index contributed by atoms with van der Waals surface area (Å²) in [5.41, 5.74) is 0.583. The topological polar surface area (TPSA) is 64.4 Å². The highest BCUT2D eigenvalue weighted by Crippen LogP contribution is 2.23. The molecule has 1 aromatic heterocycles. The highest BCUT2D eigenvalue weighted by Gasteiger charge is 2.31. The van der Waals surface area contributed by atoms with E-state index in [1.807, 2.05) is 44.8 Å². The van der Waals surface area contributed by atoms with Crippen LogP contribution in [0.4, 0.5) is 4.79 Å². The molecule has 0 radical (unpaired) electrons. The maximum atomic E-state index is 12.1. The zero-order valence-electron chi connectivity index (χ0n) is 14.7. The van der Waals surface area contributed by atoms with E-state index in [2.05, 4.69) is 5.10 Å². The van der Waals surface area contributed by atoms with Gasteiger partial charge < -0.3 is 9.64 Å². The number of nitrogens with zero attached hydrogens (tertiary/aromatic N) is 3. The normalized spacial score (nSPS) is 19.7. The molecule has 2 heterocycles. The summed E-state index contributed by atoms with van der Waals surface area (Å²) in [6, 6.07) is 0.170. The molecule has 128 valence electrons. The SMILES string of the molecule is CC(=O)[C@@H](C)Cc1cnn([C@@H]2CCN(C(=O)OC(C)(C)C)C2)c1. The first-order chi connectivity index (χ1) is 10.7. The number of carbonyl (C=O) groups is 2. The third-order valence-corrected chi connectivity index (χ3v) is 4.08. The fraction of sp³-hybridized carbons (Fsp3) is 0.706. The standard InChI is InChI=1S/C17H27N3O3/c1-12(13(2)21)8-14-9-18-20(10-14)15-6-7-19(11-15)16(22)23-17(3,4)5/h9-10,12,15H,6-8,11H2,1-5H3/t12-,15+/m0/s1. The fourth-order valence-corrected chi connectivity index (χ4v) is 2.63. The number of ketones is 1. The predicted molar refractivity (Wildman–Crippen MR) is 87.2 cm³/mol. The molecule has 0 bridgehead atoms. The van der Waals surface area contributed by atoms with E-state index in [-0.39, 0.29) is 23.8 Å². The Hall–Kier alpha value is -1.85. The lowest BCUT2D eigenvalue weighted by Gasteiger charge is -2.24. The number of amides is 1. The summed E-state index contributed by atoms with van der Waals surface area (Å²) in [5.74, 6) is 0.198. The Kier molecular flexibility index (Phi) is 5.12. The number of hydrogen-bond donors (Lipinski definition) is 0. The van der Waals surface area contributed by atoms with Crippen molar-refractivity contribution in [3.63, 3.8) is 0 Å².